The molecule has 4 rings (SSSR count). The van der Waals surface area contributed by atoms with Crippen LogP contribution in [0.4, 0.5) is 35.1 Å². The Balaban J connectivity index is 1.33. The largest absolute Gasteiger partial charge is 0.451 e. The quantitative estimate of drug-likeness (QED) is 0.227. The van der Waals surface area contributed by atoms with E-state index in [1.807, 2.05) is 6.92 Å². The first-order chi connectivity index (χ1) is 18.4. The van der Waals surface area contributed by atoms with Crippen LogP contribution in [-0.2, 0) is 9.47 Å². The van der Waals surface area contributed by atoms with Crippen molar-refractivity contribution in [1.29, 1.82) is 0 Å². The molecule has 2 aromatic carbocycles. The van der Waals surface area contributed by atoms with Crippen molar-refractivity contribution in [2.75, 3.05) is 13.2 Å². The number of rotatable bonds is 9. The summed E-state index contributed by atoms with van der Waals surface area (Å²) in [4.78, 5) is 0. The number of alkyl halides is 4. The van der Waals surface area contributed by atoms with Gasteiger partial charge in [-0.2, -0.15) is 17.6 Å². The lowest BCUT2D eigenvalue weighted by Crippen LogP contribution is -2.47. The summed E-state index contributed by atoms with van der Waals surface area (Å²) in [6, 6.07) is 3.89. The highest BCUT2D eigenvalue weighted by Gasteiger charge is 2.48. The minimum absolute atomic E-state index is 0.00860. The van der Waals surface area contributed by atoms with Crippen LogP contribution in [0.25, 0.3) is 0 Å². The van der Waals surface area contributed by atoms with Gasteiger partial charge in [-0.3, -0.25) is 0 Å². The molecule has 2 aromatic rings. The van der Waals surface area contributed by atoms with Crippen molar-refractivity contribution >= 4 is 0 Å². The Hall–Kier alpha value is -2.60. The minimum Gasteiger partial charge on any atom is -0.432 e. The van der Waals surface area contributed by atoms with E-state index < -0.39 is 65.1 Å². The number of benzene rings is 2. The molecule has 1 saturated carbocycles. The molecule has 0 aromatic heterocycles. The number of hydrogen-bond donors (Lipinski definition) is 0. The first-order valence-corrected chi connectivity index (χ1v) is 12.7. The highest BCUT2D eigenvalue weighted by molar-refractivity contribution is 5.32. The van der Waals surface area contributed by atoms with Crippen molar-refractivity contribution in [2.24, 2.45) is 11.8 Å². The molecule has 1 heterocycles. The van der Waals surface area contributed by atoms with Crippen LogP contribution in [0, 0.1) is 35.1 Å². The van der Waals surface area contributed by atoms with Crippen LogP contribution >= 0.6 is 0 Å². The van der Waals surface area contributed by atoms with E-state index in [1.54, 1.807) is 0 Å². The molecule has 0 unspecified atom stereocenters. The first-order valence-electron chi connectivity index (χ1n) is 12.7. The van der Waals surface area contributed by atoms with Gasteiger partial charge < -0.3 is 18.9 Å². The van der Waals surface area contributed by atoms with Gasteiger partial charge in [-0.15, -0.1) is 0 Å². The van der Waals surface area contributed by atoms with E-state index in [1.165, 1.54) is 6.07 Å². The third-order valence-electron chi connectivity index (χ3n) is 7.02. The lowest BCUT2D eigenvalue weighted by atomic mass is 9.78. The molecule has 39 heavy (non-hydrogen) atoms. The van der Waals surface area contributed by atoms with Gasteiger partial charge in [0.2, 0.25) is 0 Å². The summed E-state index contributed by atoms with van der Waals surface area (Å²) in [5.74, 6) is -9.08. The standard InChI is InChI=1S/C27H28F8O4/c1-2-3-15-13-36-25(37-14-15)27(34,35)38-18-8-9-20(21(28)10-18)16-4-6-17(7-5-16)26(32,33)39-19-11-22(29)24(31)23(30)12-19/h8-12,15-17,25H,2-7,13-14H2,1H3. The van der Waals surface area contributed by atoms with Gasteiger partial charge in [0.25, 0.3) is 6.29 Å². The van der Waals surface area contributed by atoms with Gasteiger partial charge in [0.15, 0.2) is 17.5 Å². The van der Waals surface area contributed by atoms with Gasteiger partial charge in [0.05, 0.1) is 19.1 Å². The van der Waals surface area contributed by atoms with Crippen molar-refractivity contribution in [3.63, 3.8) is 0 Å². The lowest BCUT2D eigenvalue weighted by molar-refractivity contribution is -0.352. The fraction of sp³-hybridized carbons (Fsp3) is 0.556. The molecule has 0 radical (unpaired) electrons. The zero-order valence-corrected chi connectivity index (χ0v) is 21.0. The van der Waals surface area contributed by atoms with E-state index in [-0.39, 0.29) is 50.4 Å². The van der Waals surface area contributed by atoms with E-state index in [9.17, 15) is 35.1 Å². The second kappa shape index (κ2) is 11.9. The summed E-state index contributed by atoms with van der Waals surface area (Å²) in [7, 11) is 0. The molecule has 4 nitrogen and oxygen atoms in total. The normalized spacial score (nSPS) is 24.4. The van der Waals surface area contributed by atoms with Crippen LogP contribution in [-0.4, -0.2) is 31.7 Å². The van der Waals surface area contributed by atoms with Crippen molar-refractivity contribution in [3.05, 3.63) is 59.2 Å². The SMILES string of the molecule is CCCC1COC(C(F)(F)Oc2ccc(C3CCC(C(F)(F)Oc4cc(F)c(F)c(F)c4)CC3)c(F)c2)OC1. The molecule has 1 saturated heterocycles. The van der Waals surface area contributed by atoms with Crippen molar-refractivity contribution in [2.45, 2.75) is 69.9 Å². The Morgan fingerprint density at radius 3 is 1.90 bits per heavy atom. The van der Waals surface area contributed by atoms with Gasteiger partial charge in [-0.05, 0) is 49.7 Å². The van der Waals surface area contributed by atoms with E-state index in [0.29, 0.717) is 12.1 Å². The third kappa shape index (κ3) is 6.95. The molecule has 12 heteroatoms. The fourth-order valence-corrected chi connectivity index (χ4v) is 4.99. The minimum atomic E-state index is -3.87. The molecule has 216 valence electrons. The number of hydrogen-bond acceptors (Lipinski definition) is 4. The molecule has 0 N–H and O–H groups in total. The van der Waals surface area contributed by atoms with Crippen LogP contribution in [0.15, 0.2) is 30.3 Å². The molecule has 1 aliphatic heterocycles. The van der Waals surface area contributed by atoms with Crippen LogP contribution in [0.3, 0.4) is 0 Å². The Kier molecular flexibility index (Phi) is 8.95. The zero-order valence-electron chi connectivity index (χ0n) is 21.0. The summed E-state index contributed by atoms with van der Waals surface area (Å²) in [5.41, 5.74) is 0.156. The van der Waals surface area contributed by atoms with Crippen LogP contribution in [0.5, 0.6) is 11.5 Å². The molecular formula is C27H28F8O4. The maximum Gasteiger partial charge on any atom is 0.451 e. The predicted octanol–water partition coefficient (Wildman–Crippen LogP) is 7.95. The van der Waals surface area contributed by atoms with Gasteiger partial charge in [-0.25, -0.2) is 17.6 Å². The monoisotopic (exact) mass is 568 g/mol. The molecule has 0 spiro atoms. The van der Waals surface area contributed by atoms with Crippen molar-refractivity contribution in [1.82, 2.24) is 0 Å². The fourth-order valence-electron chi connectivity index (χ4n) is 4.99. The summed E-state index contributed by atoms with van der Waals surface area (Å²) >= 11 is 0. The topological polar surface area (TPSA) is 36.9 Å². The van der Waals surface area contributed by atoms with Crippen molar-refractivity contribution in [3.8, 4) is 11.5 Å². The molecule has 2 aliphatic rings. The van der Waals surface area contributed by atoms with E-state index in [0.717, 1.165) is 25.0 Å². The van der Waals surface area contributed by atoms with E-state index in [2.05, 4.69) is 9.47 Å². The zero-order chi connectivity index (χ0) is 28.4. The Morgan fingerprint density at radius 2 is 1.33 bits per heavy atom. The molecular weight excluding hydrogens is 540 g/mol. The van der Waals surface area contributed by atoms with Gasteiger partial charge in [0, 0.05) is 24.1 Å². The second-order valence-corrected chi connectivity index (χ2v) is 9.91. The summed E-state index contributed by atoms with van der Waals surface area (Å²) in [6.07, 6.45) is -7.99. The maximum atomic E-state index is 14.9. The number of halogens is 8. The predicted molar refractivity (Wildman–Crippen MR) is 123 cm³/mol. The summed E-state index contributed by atoms with van der Waals surface area (Å²) in [5, 5.41) is 0. The van der Waals surface area contributed by atoms with E-state index in [4.69, 9.17) is 9.47 Å². The Bertz CT molecular complexity index is 1110. The van der Waals surface area contributed by atoms with Crippen LogP contribution < -0.4 is 9.47 Å². The molecule has 2 fully saturated rings. The molecule has 0 amide bonds. The van der Waals surface area contributed by atoms with Crippen molar-refractivity contribution < 1.29 is 54.1 Å². The summed E-state index contributed by atoms with van der Waals surface area (Å²) < 4.78 is 132. The molecule has 0 bridgehead atoms. The smallest absolute Gasteiger partial charge is 0.432 e. The Labute approximate surface area is 220 Å². The lowest BCUT2D eigenvalue weighted by Gasteiger charge is -2.34. The first kappa shape index (κ1) is 29.4. The van der Waals surface area contributed by atoms with Gasteiger partial charge in [0.1, 0.15) is 17.3 Å². The maximum absolute atomic E-state index is 14.9. The third-order valence-corrected chi connectivity index (χ3v) is 7.02. The highest BCUT2D eigenvalue weighted by atomic mass is 19.3. The number of ether oxygens (including phenoxy) is 4. The highest BCUT2D eigenvalue weighted by Crippen LogP contribution is 2.44. The average molecular weight is 569 g/mol. The molecule has 1 aliphatic carbocycles. The molecule has 0 atom stereocenters. The van der Waals surface area contributed by atoms with E-state index >= 15 is 0 Å². The Morgan fingerprint density at radius 1 is 0.769 bits per heavy atom. The summed E-state index contributed by atoms with van der Waals surface area (Å²) in [6.45, 7) is 2.14. The van der Waals surface area contributed by atoms with Gasteiger partial charge >= 0.3 is 12.2 Å². The van der Waals surface area contributed by atoms with Crippen LogP contribution in [0.2, 0.25) is 0 Å². The van der Waals surface area contributed by atoms with Gasteiger partial charge in [-0.1, -0.05) is 19.4 Å². The average Bonchev–Trinajstić information content (AvgIpc) is 2.87. The second-order valence-electron chi connectivity index (χ2n) is 9.91. The van der Waals surface area contributed by atoms with Crippen LogP contribution in [0.1, 0.15) is 56.9 Å².